The minimum atomic E-state index is 0.481. The van der Waals surface area contributed by atoms with Gasteiger partial charge in [-0.3, -0.25) is 0 Å². The Balaban J connectivity index is 1.80. The van der Waals surface area contributed by atoms with E-state index in [0.29, 0.717) is 11.5 Å². The quantitative estimate of drug-likeness (QED) is 0.721. The molecule has 1 saturated carbocycles. The molecule has 1 heterocycles. The number of ether oxygens (including phenoxy) is 1. The van der Waals surface area contributed by atoms with E-state index in [9.17, 15) is 0 Å². The number of likely N-dealkylation sites (tertiary alicyclic amines) is 1. The van der Waals surface area contributed by atoms with Gasteiger partial charge in [-0.05, 0) is 37.6 Å². The van der Waals surface area contributed by atoms with E-state index in [0.717, 1.165) is 6.54 Å². The molecule has 0 amide bonds. The molecule has 14 heavy (non-hydrogen) atoms. The molecule has 1 aliphatic heterocycles. The van der Waals surface area contributed by atoms with Gasteiger partial charge in [0.2, 0.25) is 0 Å². The average molecular weight is 262 g/mol. The van der Waals surface area contributed by atoms with E-state index in [1.807, 2.05) is 7.11 Å². The first kappa shape index (κ1) is 10.9. The van der Waals surface area contributed by atoms with E-state index in [2.05, 4.69) is 20.8 Å². The van der Waals surface area contributed by atoms with E-state index in [1.165, 1.54) is 44.1 Å². The van der Waals surface area contributed by atoms with Crippen LogP contribution in [0.15, 0.2) is 0 Å². The molecule has 1 atom stereocenters. The zero-order chi connectivity index (χ0) is 10.0. The van der Waals surface area contributed by atoms with Crippen molar-refractivity contribution >= 4 is 15.9 Å². The summed E-state index contributed by atoms with van der Waals surface area (Å²) in [6.07, 6.45) is 5.85. The van der Waals surface area contributed by atoms with E-state index in [-0.39, 0.29) is 0 Å². The summed E-state index contributed by atoms with van der Waals surface area (Å²) in [6, 6.07) is 0. The number of piperidine rings is 1. The third-order valence-corrected chi connectivity index (χ3v) is 4.78. The molecule has 3 heteroatoms. The van der Waals surface area contributed by atoms with E-state index in [4.69, 9.17) is 4.74 Å². The van der Waals surface area contributed by atoms with E-state index in [1.54, 1.807) is 0 Å². The van der Waals surface area contributed by atoms with E-state index >= 15 is 0 Å². The van der Waals surface area contributed by atoms with Gasteiger partial charge in [0.15, 0.2) is 0 Å². The van der Waals surface area contributed by atoms with Crippen LogP contribution in [0.25, 0.3) is 0 Å². The van der Waals surface area contributed by atoms with Gasteiger partial charge >= 0.3 is 0 Å². The second-order valence-corrected chi connectivity index (χ2v) is 5.43. The van der Waals surface area contributed by atoms with Crippen LogP contribution in [0.4, 0.5) is 0 Å². The lowest BCUT2D eigenvalue weighted by Gasteiger charge is -2.34. The maximum atomic E-state index is 5.44. The lowest BCUT2D eigenvalue weighted by atomic mass is 10.0. The maximum Gasteiger partial charge on any atom is 0.0698 e. The molecule has 2 nitrogen and oxygen atoms in total. The monoisotopic (exact) mass is 261 g/mol. The highest BCUT2D eigenvalue weighted by molar-refractivity contribution is 9.09. The fraction of sp³-hybridized carbons (Fsp3) is 1.00. The molecule has 2 fully saturated rings. The Kier molecular flexibility index (Phi) is 3.50. The minimum Gasteiger partial charge on any atom is -0.380 e. The molecule has 82 valence electrons. The summed E-state index contributed by atoms with van der Waals surface area (Å²) in [5.41, 5.74) is 0.621. The third kappa shape index (κ3) is 2.50. The molecular weight excluding hydrogens is 242 g/mol. The van der Waals surface area contributed by atoms with Gasteiger partial charge in [-0.15, -0.1) is 0 Å². The molecule has 1 unspecified atom stereocenters. The van der Waals surface area contributed by atoms with Crippen molar-refractivity contribution < 1.29 is 4.74 Å². The number of alkyl halides is 1. The summed E-state index contributed by atoms with van der Waals surface area (Å²) in [4.78, 5) is 2.59. The Hall–Kier alpha value is 0.400. The predicted molar refractivity (Wildman–Crippen MR) is 61.9 cm³/mol. The van der Waals surface area contributed by atoms with Crippen LogP contribution in [-0.4, -0.2) is 43.1 Å². The molecule has 1 saturated heterocycles. The molecular formula is C11H20BrNO. The summed E-state index contributed by atoms with van der Waals surface area (Å²) in [5.74, 6) is 0. The Morgan fingerprint density at radius 1 is 1.50 bits per heavy atom. The maximum absolute atomic E-state index is 5.44. The molecule has 0 aromatic rings. The smallest absolute Gasteiger partial charge is 0.0698 e. The predicted octanol–water partition coefficient (Wildman–Crippen LogP) is 2.27. The standard InChI is InChI=1S/C11H20BrNO/c1-14-10-3-2-6-13(7-10)9-11(8-12)4-5-11/h10H,2-9H2,1H3. The topological polar surface area (TPSA) is 12.5 Å². The lowest BCUT2D eigenvalue weighted by molar-refractivity contribution is 0.0255. The summed E-state index contributed by atoms with van der Waals surface area (Å²) < 4.78 is 5.44. The fourth-order valence-corrected chi connectivity index (χ4v) is 3.07. The molecule has 2 aliphatic rings. The zero-order valence-electron chi connectivity index (χ0n) is 8.97. The summed E-state index contributed by atoms with van der Waals surface area (Å²) >= 11 is 3.63. The van der Waals surface area contributed by atoms with Crippen LogP contribution in [0.3, 0.4) is 0 Å². The molecule has 0 spiro atoms. The molecule has 1 aliphatic carbocycles. The number of rotatable bonds is 4. The molecule has 0 radical (unpaired) electrons. The van der Waals surface area contributed by atoms with E-state index < -0.39 is 0 Å². The van der Waals surface area contributed by atoms with Gasteiger partial charge in [0.05, 0.1) is 6.10 Å². The van der Waals surface area contributed by atoms with Crippen molar-refractivity contribution in [3.8, 4) is 0 Å². The number of halogens is 1. The molecule has 0 N–H and O–H groups in total. The van der Waals surface area contributed by atoms with Crippen LogP contribution in [-0.2, 0) is 4.74 Å². The van der Waals surface area contributed by atoms with Gasteiger partial charge in [0.1, 0.15) is 0 Å². The summed E-state index contributed by atoms with van der Waals surface area (Å²) in [7, 11) is 1.84. The highest BCUT2D eigenvalue weighted by Crippen LogP contribution is 2.47. The van der Waals surface area contributed by atoms with Crippen LogP contribution in [0.5, 0.6) is 0 Å². The van der Waals surface area contributed by atoms with Crippen LogP contribution in [0.1, 0.15) is 25.7 Å². The number of hydrogen-bond donors (Lipinski definition) is 0. The van der Waals surface area contributed by atoms with Gasteiger partial charge in [-0.25, -0.2) is 0 Å². The zero-order valence-corrected chi connectivity index (χ0v) is 10.6. The lowest BCUT2D eigenvalue weighted by Crippen LogP contribution is -2.42. The molecule has 2 rings (SSSR count). The van der Waals surface area contributed by atoms with Gasteiger partial charge in [0.25, 0.3) is 0 Å². The van der Waals surface area contributed by atoms with Crippen molar-refractivity contribution in [3.05, 3.63) is 0 Å². The first-order chi connectivity index (χ1) is 6.78. The van der Waals surface area contributed by atoms with Crippen molar-refractivity contribution in [1.82, 2.24) is 4.90 Å². The molecule has 0 aromatic heterocycles. The Labute approximate surface area is 95.1 Å². The van der Waals surface area contributed by atoms with Gasteiger partial charge in [-0.2, -0.15) is 0 Å². The second-order valence-electron chi connectivity index (χ2n) is 4.87. The second kappa shape index (κ2) is 4.50. The molecule has 0 bridgehead atoms. The highest BCUT2D eigenvalue weighted by Gasteiger charge is 2.43. The van der Waals surface area contributed by atoms with Gasteiger partial charge < -0.3 is 9.64 Å². The normalized spacial score (nSPS) is 31.7. The van der Waals surface area contributed by atoms with Gasteiger partial charge in [-0.1, -0.05) is 15.9 Å². The highest BCUT2D eigenvalue weighted by atomic mass is 79.9. The fourth-order valence-electron chi connectivity index (χ4n) is 2.33. The number of hydrogen-bond acceptors (Lipinski definition) is 2. The Bertz CT molecular complexity index is 194. The van der Waals surface area contributed by atoms with Crippen LogP contribution >= 0.6 is 15.9 Å². The average Bonchev–Trinajstić information content (AvgIpc) is 2.99. The molecule has 0 aromatic carbocycles. The third-order valence-electron chi connectivity index (χ3n) is 3.60. The summed E-state index contributed by atoms with van der Waals surface area (Å²) in [5, 5.41) is 1.17. The van der Waals surface area contributed by atoms with Gasteiger partial charge in [0, 0.05) is 25.5 Å². The largest absolute Gasteiger partial charge is 0.380 e. The number of methoxy groups -OCH3 is 1. The van der Waals surface area contributed by atoms with Crippen LogP contribution < -0.4 is 0 Å². The van der Waals surface area contributed by atoms with Crippen LogP contribution in [0.2, 0.25) is 0 Å². The van der Waals surface area contributed by atoms with Crippen molar-refractivity contribution in [2.75, 3.05) is 32.1 Å². The van der Waals surface area contributed by atoms with Crippen molar-refractivity contribution in [1.29, 1.82) is 0 Å². The number of nitrogens with zero attached hydrogens (tertiary/aromatic N) is 1. The first-order valence-electron chi connectivity index (χ1n) is 5.59. The Morgan fingerprint density at radius 2 is 2.29 bits per heavy atom. The minimum absolute atomic E-state index is 0.481. The first-order valence-corrected chi connectivity index (χ1v) is 6.71. The van der Waals surface area contributed by atoms with Crippen LogP contribution in [0, 0.1) is 5.41 Å². The van der Waals surface area contributed by atoms with Crippen molar-refractivity contribution in [3.63, 3.8) is 0 Å². The Morgan fingerprint density at radius 3 is 2.86 bits per heavy atom. The SMILES string of the molecule is COC1CCCN(CC2(CBr)CC2)C1. The van der Waals surface area contributed by atoms with Crippen molar-refractivity contribution in [2.45, 2.75) is 31.8 Å². The summed E-state index contributed by atoms with van der Waals surface area (Å²) in [6.45, 7) is 3.69. The van der Waals surface area contributed by atoms with Crippen molar-refractivity contribution in [2.24, 2.45) is 5.41 Å².